The van der Waals surface area contributed by atoms with Crippen LogP contribution >= 0.6 is 0 Å². The van der Waals surface area contributed by atoms with E-state index in [0.717, 1.165) is 0 Å². The zero-order valence-corrected chi connectivity index (χ0v) is 27.9. The van der Waals surface area contributed by atoms with Gasteiger partial charge in [-0.2, -0.15) is 0 Å². The Bertz CT molecular complexity index is 2470. The number of fused-ring (bicyclic) bond motifs is 12. The van der Waals surface area contributed by atoms with E-state index in [1.807, 2.05) is 0 Å². The molecule has 0 radical (unpaired) electrons. The lowest BCUT2D eigenvalue weighted by molar-refractivity contribution is 0.602. The second-order valence-electron chi connectivity index (χ2n) is 14.9. The lowest BCUT2D eigenvalue weighted by Gasteiger charge is -2.31. The molecule has 0 bridgehead atoms. The monoisotopic (exact) mass is 612 g/mol. The highest BCUT2D eigenvalue weighted by Crippen LogP contribution is 2.62. The first-order valence-corrected chi connectivity index (χ1v) is 17.2. The summed E-state index contributed by atoms with van der Waals surface area (Å²) in [6, 6.07) is 54.5. The minimum atomic E-state index is -0.169. The van der Waals surface area contributed by atoms with Crippen molar-refractivity contribution >= 4 is 32.3 Å². The Morgan fingerprint density at radius 3 is 1.15 bits per heavy atom. The average Bonchev–Trinajstić information content (AvgIpc) is 3.50. The van der Waals surface area contributed by atoms with Crippen molar-refractivity contribution in [1.82, 2.24) is 0 Å². The van der Waals surface area contributed by atoms with E-state index in [1.54, 1.807) is 0 Å². The number of rotatable bonds is 2. The number of hydrogen-bond donors (Lipinski definition) is 0. The fraction of sp³-hybridized carbons (Fsp3) is 0.125. The lowest BCUT2D eigenvalue weighted by atomic mass is 9.71. The van der Waals surface area contributed by atoms with Crippen LogP contribution < -0.4 is 0 Å². The van der Waals surface area contributed by atoms with Gasteiger partial charge in [0.25, 0.3) is 0 Å². The average molecular weight is 613 g/mol. The van der Waals surface area contributed by atoms with Gasteiger partial charge in [-0.05, 0) is 111 Å². The third-order valence-corrected chi connectivity index (χ3v) is 11.6. The molecular weight excluding hydrogens is 577 g/mol. The predicted molar refractivity (Wildman–Crippen MR) is 205 cm³/mol. The van der Waals surface area contributed by atoms with Crippen LogP contribution in [-0.2, 0) is 10.8 Å². The molecule has 0 fully saturated rings. The third-order valence-electron chi connectivity index (χ3n) is 11.6. The highest BCUT2D eigenvalue weighted by atomic mass is 14.5. The molecule has 8 aromatic rings. The van der Waals surface area contributed by atoms with Crippen LogP contribution in [0.3, 0.4) is 0 Å². The maximum atomic E-state index is 2.49. The Labute approximate surface area is 282 Å². The van der Waals surface area contributed by atoms with Crippen molar-refractivity contribution in [3.05, 3.63) is 168 Å². The first-order valence-electron chi connectivity index (χ1n) is 17.2. The zero-order valence-electron chi connectivity index (χ0n) is 27.9. The van der Waals surface area contributed by atoms with E-state index in [1.165, 1.54) is 99.1 Å². The van der Waals surface area contributed by atoms with Gasteiger partial charge in [-0.25, -0.2) is 0 Å². The Kier molecular flexibility index (Phi) is 5.50. The second kappa shape index (κ2) is 9.55. The normalized spacial score (nSPS) is 15.0. The van der Waals surface area contributed by atoms with E-state index in [2.05, 4.69) is 173 Å². The molecule has 2 aliphatic carbocycles. The molecule has 8 aromatic carbocycles. The van der Waals surface area contributed by atoms with Gasteiger partial charge in [0, 0.05) is 10.8 Å². The highest BCUT2D eigenvalue weighted by Gasteiger charge is 2.47. The summed E-state index contributed by atoms with van der Waals surface area (Å²) in [5, 5.41) is 7.89. The maximum absolute atomic E-state index is 2.49. The fourth-order valence-corrected chi connectivity index (χ4v) is 9.37. The van der Waals surface area contributed by atoms with Crippen LogP contribution in [0.25, 0.3) is 76.8 Å². The van der Waals surface area contributed by atoms with E-state index in [0.29, 0.717) is 0 Å². The molecule has 2 aliphatic rings. The minimum Gasteiger partial charge on any atom is -0.0616 e. The van der Waals surface area contributed by atoms with Gasteiger partial charge in [0.1, 0.15) is 0 Å². The molecule has 0 saturated carbocycles. The third kappa shape index (κ3) is 3.55. The molecule has 0 heterocycles. The quantitative estimate of drug-likeness (QED) is 0.182. The molecule has 228 valence electrons. The summed E-state index contributed by atoms with van der Waals surface area (Å²) in [7, 11) is 0. The lowest BCUT2D eigenvalue weighted by Crippen LogP contribution is -2.24. The van der Waals surface area contributed by atoms with E-state index < -0.39 is 0 Å². The van der Waals surface area contributed by atoms with Crippen LogP contribution in [0.15, 0.2) is 146 Å². The molecule has 0 nitrogen and oxygen atoms in total. The molecule has 0 amide bonds. The van der Waals surface area contributed by atoms with Crippen LogP contribution in [0.5, 0.6) is 0 Å². The van der Waals surface area contributed by atoms with Crippen LogP contribution in [0.2, 0.25) is 0 Å². The molecule has 0 atom stereocenters. The zero-order chi connectivity index (χ0) is 32.4. The topological polar surface area (TPSA) is 0 Å². The molecule has 0 N–H and O–H groups in total. The molecule has 0 spiro atoms. The predicted octanol–water partition coefficient (Wildman–Crippen LogP) is 13.1. The van der Waals surface area contributed by atoms with Crippen molar-refractivity contribution in [2.45, 2.75) is 38.5 Å². The van der Waals surface area contributed by atoms with Crippen molar-refractivity contribution in [3.8, 4) is 44.5 Å². The first-order chi connectivity index (χ1) is 23.3. The van der Waals surface area contributed by atoms with Crippen LogP contribution in [0.1, 0.15) is 49.9 Å². The van der Waals surface area contributed by atoms with Gasteiger partial charge in [0.15, 0.2) is 0 Å². The van der Waals surface area contributed by atoms with Gasteiger partial charge in [0.2, 0.25) is 0 Å². The summed E-state index contributed by atoms with van der Waals surface area (Å²) in [6.07, 6.45) is 0. The summed E-state index contributed by atoms with van der Waals surface area (Å²) < 4.78 is 0. The van der Waals surface area contributed by atoms with E-state index in [4.69, 9.17) is 0 Å². The van der Waals surface area contributed by atoms with Gasteiger partial charge in [0.05, 0.1) is 0 Å². The molecular formula is C48H36. The maximum Gasteiger partial charge on any atom is 0.0162 e. The van der Waals surface area contributed by atoms with E-state index in [9.17, 15) is 0 Å². The largest absolute Gasteiger partial charge is 0.0616 e. The van der Waals surface area contributed by atoms with Crippen LogP contribution in [0, 0.1) is 0 Å². The van der Waals surface area contributed by atoms with E-state index in [-0.39, 0.29) is 10.8 Å². The Balaban J connectivity index is 1.22. The summed E-state index contributed by atoms with van der Waals surface area (Å²) >= 11 is 0. The Hall–Kier alpha value is -5.46. The Morgan fingerprint density at radius 1 is 0.333 bits per heavy atom. The SMILES string of the molecule is CC1(C)c2cc(-c3cccc4ccccc34)ccc2-c2c1c1c(c3ccccc23)-c2ccc(-c3cccc4ccccc34)cc2C1(C)C. The van der Waals surface area contributed by atoms with Crippen LogP contribution in [-0.4, -0.2) is 0 Å². The standard InChI is InChI=1S/C48H36/c1-47(2)41-27-31(35-21-11-15-29-13-5-7-17-33(29)35)23-25-39(41)43-37-19-9-10-20-38(37)44-40-26-24-32(28-42(40)48(3,4)46(44)45(43)47)36-22-12-16-30-14-6-8-18-34(30)36/h5-28H,1-4H3. The molecule has 0 unspecified atom stereocenters. The van der Waals surface area contributed by atoms with Crippen molar-refractivity contribution in [2.24, 2.45) is 0 Å². The van der Waals surface area contributed by atoms with Gasteiger partial charge in [-0.3, -0.25) is 0 Å². The highest BCUT2D eigenvalue weighted by molar-refractivity contribution is 6.13. The van der Waals surface area contributed by atoms with Crippen molar-refractivity contribution in [2.75, 3.05) is 0 Å². The molecule has 0 saturated heterocycles. The molecule has 0 heteroatoms. The number of hydrogen-bond acceptors (Lipinski definition) is 0. The molecule has 0 aromatic heterocycles. The molecule has 48 heavy (non-hydrogen) atoms. The fourth-order valence-electron chi connectivity index (χ4n) is 9.37. The van der Waals surface area contributed by atoms with Gasteiger partial charge >= 0.3 is 0 Å². The summed E-state index contributed by atoms with van der Waals surface area (Å²) in [6.45, 7) is 9.83. The van der Waals surface area contributed by atoms with Gasteiger partial charge in [-0.1, -0.05) is 161 Å². The van der Waals surface area contributed by atoms with Gasteiger partial charge < -0.3 is 0 Å². The smallest absolute Gasteiger partial charge is 0.0162 e. The molecule has 0 aliphatic heterocycles. The second-order valence-corrected chi connectivity index (χ2v) is 14.9. The van der Waals surface area contributed by atoms with Crippen molar-refractivity contribution in [3.63, 3.8) is 0 Å². The summed E-state index contributed by atoms with van der Waals surface area (Å²) in [5.41, 5.74) is 16.3. The van der Waals surface area contributed by atoms with Crippen molar-refractivity contribution < 1.29 is 0 Å². The molecule has 10 rings (SSSR count). The summed E-state index contributed by atoms with van der Waals surface area (Å²) in [4.78, 5) is 0. The van der Waals surface area contributed by atoms with E-state index >= 15 is 0 Å². The Morgan fingerprint density at radius 2 is 0.708 bits per heavy atom. The van der Waals surface area contributed by atoms with Crippen LogP contribution in [0.4, 0.5) is 0 Å². The van der Waals surface area contributed by atoms with Gasteiger partial charge in [-0.15, -0.1) is 0 Å². The number of benzene rings is 8. The minimum absolute atomic E-state index is 0.169. The summed E-state index contributed by atoms with van der Waals surface area (Å²) in [5.74, 6) is 0. The van der Waals surface area contributed by atoms with Crippen molar-refractivity contribution in [1.29, 1.82) is 0 Å². The first kappa shape index (κ1) is 27.6.